The SMILES string of the molecule is CCCCCC1CCN(C(=O)c2cccc(NC(=O)OCC3c4ccccc4-c4ccccc43)c2)CC1. The Hall–Kier alpha value is -3.60. The number of benzene rings is 3. The highest BCUT2D eigenvalue weighted by Gasteiger charge is 2.29. The summed E-state index contributed by atoms with van der Waals surface area (Å²) >= 11 is 0. The average molecular weight is 497 g/mol. The first-order valence-corrected chi connectivity index (χ1v) is 13.7. The Morgan fingerprint density at radius 2 is 1.57 bits per heavy atom. The molecule has 0 saturated carbocycles. The van der Waals surface area contributed by atoms with Crippen LogP contribution in [0.2, 0.25) is 0 Å². The molecule has 0 bridgehead atoms. The summed E-state index contributed by atoms with van der Waals surface area (Å²) in [4.78, 5) is 27.8. The van der Waals surface area contributed by atoms with Gasteiger partial charge < -0.3 is 9.64 Å². The average Bonchev–Trinajstić information content (AvgIpc) is 3.26. The first-order chi connectivity index (χ1) is 18.1. The normalized spacial score (nSPS) is 15.2. The van der Waals surface area contributed by atoms with Gasteiger partial charge in [-0.15, -0.1) is 0 Å². The zero-order valence-corrected chi connectivity index (χ0v) is 21.6. The van der Waals surface area contributed by atoms with Crippen LogP contribution in [0, 0.1) is 5.92 Å². The summed E-state index contributed by atoms with van der Waals surface area (Å²) in [5.41, 5.74) is 5.92. The van der Waals surface area contributed by atoms with Crippen molar-refractivity contribution in [3.05, 3.63) is 89.5 Å². The third-order valence-electron chi connectivity index (χ3n) is 7.82. The van der Waals surface area contributed by atoms with Gasteiger partial charge in [0.2, 0.25) is 0 Å². The van der Waals surface area contributed by atoms with Gasteiger partial charge in [-0.25, -0.2) is 4.79 Å². The van der Waals surface area contributed by atoms with E-state index in [0.717, 1.165) is 31.8 Å². The molecule has 3 aromatic carbocycles. The topological polar surface area (TPSA) is 58.6 Å². The molecule has 1 saturated heterocycles. The van der Waals surface area contributed by atoms with E-state index in [2.05, 4.69) is 36.5 Å². The van der Waals surface area contributed by atoms with Crippen LogP contribution in [0.3, 0.4) is 0 Å². The molecule has 1 N–H and O–H groups in total. The Kier molecular flexibility index (Phi) is 7.88. The number of rotatable bonds is 8. The van der Waals surface area contributed by atoms with Crippen LogP contribution in [0.25, 0.3) is 11.1 Å². The molecule has 1 aliphatic carbocycles. The molecule has 5 heteroatoms. The van der Waals surface area contributed by atoms with E-state index < -0.39 is 6.09 Å². The number of piperidine rings is 1. The number of nitrogens with one attached hydrogen (secondary N) is 1. The molecule has 5 nitrogen and oxygen atoms in total. The predicted octanol–water partition coefficient (Wildman–Crippen LogP) is 7.48. The maximum atomic E-state index is 13.1. The fourth-order valence-corrected chi connectivity index (χ4v) is 5.77. The Morgan fingerprint density at radius 1 is 0.892 bits per heavy atom. The van der Waals surface area contributed by atoms with Gasteiger partial charge in [-0.3, -0.25) is 10.1 Å². The molecule has 0 radical (unpaired) electrons. The molecule has 192 valence electrons. The number of unbranched alkanes of at least 4 members (excludes halogenated alkanes) is 2. The molecule has 0 atom stereocenters. The van der Waals surface area contributed by atoms with E-state index in [9.17, 15) is 9.59 Å². The van der Waals surface area contributed by atoms with Crippen molar-refractivity contribution in [2.45, 2.75) is 51.4 Å². The van der Waals surface area contributed by atoms with E-state index in [-0.39, 0.29) is 18.4 Å². The molecule has 0 spiro atoms. The van der Waals surface area contributed by atoms with Crippen LogP contribution >= 0.6 is 0 Å². The molecule has 2 aliphatic rings. The van der Waals surface area contributed by atoms with Crippen LogP contribution in [-0.4, -0.2) is 36.6 Å². The van der Waals surface area contributed by atoms with Gasteiger partial charge in [-0.2, -0.15) is 0 Å². The number of fused-ring (bicyclic) bond motifs is 3. The van der Waals surface area contributed by atoms with Gasteiger partial charge in [0.05, 0.1) is 0 Å². The van der Waals surface area contributed by atoms with Crippen molar-refractivity contribution in [1.82, 2.24) is 4.90 Å². The summed E-state index contributed by atoms with van der Waals surface area (Å²) in [6, 6.07) is 23.7. The zero-order chi connectivity index (χ0) is 25.6. The molecule has 0 unspecified atom stereocenters. The molecule has 1 aliphatic heterocycles. The van der Waals surface area contributed by atoms with Gasteiger partial charge in [0.1, 0.15) is 6.61 Å². The Labute approximate surface area is 219 Å². The minimum atomic E-state index is -0.514. The zero-order valence-electron chi connectivity index (χ0n) is 21.6. The van der Waals surface area contributed by atoms with Crippen molar-refractivity contribution in [2.75, 3.05) is 25.0 Å². The van der Waals surface area contributed by atoms with E-state index in [1.807, 2.05) is 41.3 Å². The molecule has 2 amide bonds. The maximum Gasteiger partial charge on any atom is 0.411 e. The number of carbonyl (C=O) groups excluding carboxylic acids is 2. The van der Waals surface area contributed by atoms with Crippen molar-refractivity contribution in [1.29, 1.82) is 0 Å². The van der Waals surface area contributed by atoms with Crippen molar-refractivity contribution in [3.8, 4) is 11.1 Å². The van der Waals surface area contributed by atoms with Crippen molar-refractivity contribution >= 4 is 17.7 Å². The summed E-state index contributed by atoms with van der Waals surface area (Å²) in [5.74, 6) is 0.774. The van der Waals surface area contributed by atoms with Crippen LogP contribution in [0.5, 0.6) is 0 Å². The monoisotopic (exact) mass is 496 g/mol. The lowest BCUT2D eigenvalue weighted by atomic mass is 9.91. The Morgan fingerprint density at radius 3 is 2.24 bits per heavy atom. The van der Waals surface area contributed by atoms with Crippen molar-refractivity contribution in [2.24, 2.45) is 5.92 Å². The number of ether oxygens (including phenoxy) is 1. The second-order valence-corrected chi connectivity index (χ2v) is 10.3. The fraction of sp³-hybridized carbons (Fsp3) is 0.375. The van der Waals surface area contributed by atoms with Gasteiger partial charge in [0.25, 0.3) is 5.91 Å². The number of hydrogen-bond acceptors (Lipinski definition) is 3. The molecule has 1 fully saturated rings. The standard InChI is InChI=1S/C32H36N2O3/c1-2-3-4-10-23-17-19-34(20-18-23)31(35)24-11-9-12-25(21-24)33-32(36)37-22-30-28-15-7-5-13-26(28)27-14-6-8-16-29(27)30/h5-9,11-16,21,23,30H,2-4,10,17-20,22H2,1H3,(H,33,36). The highest BCUT2D eigenvalue weighted by molar-refractivity contribution is 5.96. The van der Waals surface area contributed by atoms with Crippen LogP contribution in [0.1, 0.15) is 72.9 Å². The molecule has 0 aromatic heterocycles. The summed E-state index contributed by atoms with van der Waals surface area (Å²) in [6.45, 7) is 4.10. The molecule has 1 heterocycles. The summed E-state index contributed by atoms with van der Waals surface area (Å²) in [5, 5.41) is 2.82. The largest absolute Gasteiger partial charge is 0.448 e. The van der Waals surface area contributed by atoms with E-state index in [1.54, 1.807) is 12.1 Å². The number of likely N-dealkylation sites (tertiary alicyclic amines) is 1. The molecule has 37 heavy (non-hydrogen) atoms. The van der Waals surface area contributed by atoms with E-state index in [1.165, 1.54) is 47.9 Å². The highest BCUT2D eigenvalue weighted by atomic mass is 16.5. The minimum Gasteiger partial charge on any atom is -0.448 e. The smallest absolute Gasteiger partial charge is 0.411 e. The van der Waals surface area contributed by atoms with Gasteiger partial charge >= 0.3 is 6.09 Å². The number of nitrogens with zero attached hydrogens (tertiary/aromatic N) is 1. The number of hydrogen-bond donors (Lipinski definition) is 1. The Bertz CT molecular complexity index is 1200. The van der Waals surface area contributed by atoms with Gasteiger partial charge in [-0.05, 0) is 59.2 Å². The molecular weight excluding hydrogens is 460 g/mol. The van der Waals surface area contributed by atoms with Crippen molar-refractivity contribution < 1.29 is 14.3 Å². The number of amides is 2. The van der Waals surface area contributed by atoms with Crippen LogP contribution < -0.4 is 5.32 Å². The lowest BCUT2D eigenvalue weighted by molar-refractivity contribution is 0.0685. The highest BCUT2D eigenvalue weighted by Crippen LogP contribution is 2.44. The third-order valence-corrected chi connectivity index (χ3v) is 7.82. The van der Waals surface area contributed by atoms with Crippen LogP contribution in [-0.2, 0) is 4.74 Å². The Balaban J connectivity index is 1.16. The van der Waals surface area contributed by atoms with Crippen LogP contribution in [0.15, 0.2) is 72.8 Å². The number of carbonyl (C=O) groups is 2. The van der Waals surface area contributed by atoms with Gasteiger partial charge in [-0.1, -0.05) is 87.2 Å². The van der Waals surface area contributed by atoms with Gasteiger partial charge in [0, 0.05) is 30.3 Å². The van der Waals surface area contributed by atoms with E-state index in [0.29, 0.717) is 11.3 Å². The second-order valence-electron chi connectivity index (χ2n) is 10.3. The lowest BCUT2D eigenvalue weighted by Gasteiger charge is -2.32. The molecule has 5 rings (SSSR count). The predicted molar refractivity (Wildman–Crippen MR) is 148 cm³/mol. The van der Waals surface area contributed by atoms with Crippen molar-refractivity contribution in [3.63, 3.8) is 0 Å². The quantitative estimate of drug-likeness (QED) is 0.329. The first kappa shape index (κ1) is 25.1. The van der Waals surface area contributed by atoms with E-state index >= 15 is 0 Å². The van der Waals surface area contributed by atoms with Gasteiger partial charge in [0.15, 0.2) is 0 Å². The maximum absolute atomic E-state index is 13.1. The first-order valence-electron chi connectivity index (χ1n) is 13.7. The number of anilines is 1. The fourth-order valence-electron chi connectivity index (χ4n) is 5.77. The van der Waals surface area contributed by atoms with E-state index in [4.69, 9.17) is 4.74 Å². The summed E-state index contributed by atoms with van der Waals surface area (Å²) in [6.07, 6.45) is 6.74. The van der Waals surface area contributed by atoms with Crippen LogP contribution in [0.4, 0.5) is 10.5 Å². The summed E-state index contributed by atoms with van der Waals surface area (Å²) < 4.78 is 5.67. The molecule has 3 aromatic rings. The lowest BCUT2D eigenvalue weighted by Crippen LogP contribution is -2.38. The minimum absolute atomic E-state index is 0.0102. The second kappa shape index (κ2) is 11.6. The molecular formula is C32H36N2O3. The third kappa shape index (κ3) is 5.71. The summed E-state index contributed by atoms with van der Waals surface area (Å²) in [7, 11) is 0.